The van der Waals surface area contributed by atoms with Crippen LogP contribution in [0.1, 0.15) is 44.6 Å². The molecule has 1 saturated carbocycles. The Morgan fingerprint density at radius 3 is 2.14 bits per heavy atom. The number of methoxy groups -OCH3 is 2. The van der Waals surface area contributed by atoms with Crippen molar-refractivity contribution in [1.82, 2.24) is 10.2 Å². The van der Waals surface area contributed by atoms with Gasteiger partial charge in [0.1, 0.15) is 23.3 Å². The Morgan fingerprint density at radius 2 is 1.60 bits per heavy atom. The lowest BCUT2D eigenvalue weighted by Gasteiger charge is -2.32. The van der Waals surface area contributed by atoms with E-state index in [1.54, 1.807) is 36.4 Å². The maximum absolute atomic E-state index is 13.5. The lowest BCUT2D eigenvalue weighted by Crippen LogP contribution is -2.52. The molecule has 1 fully saturated rings. The Hall–Kier alpha value is -2.64. The van der Waals surface area contributed by atoms with Crippen LogP contribution in [-0.2, 0) is 16.1 Å². The molecule has 0 heterocycles. The van der Waals surface area contributed by atoms with Crippen LogP contribution in [0.25, 0.3) is 0 Å². The normalized spacial score (nSPS) is 14.3. The van der Waals surface area contributed by atoms with E-state index in [1.165, 1.54) is 19.1 Å². The van der Waals surface area contributed by atoms with Gasteiger partial charge in [-0.2, -0.15) is 0 Å². The minimum absolute atomic E-state index is 0.0821. The molecule has 35 heavy (non-hydrogen) atoms. The summed E-state index contributed by atoms with van der Waals surface area (Å²) >= 11 is 12.8. The minimum atomic E-state index is -0.695. The number of ether oxygens (including phenoxy) is 3. The van der Waals surface area contributed by atoms with Crippen LogP contribution in [0.15, 0.2) is 36.4 Å². The molecule has 2 aromatic rings. The van der Waals surface area contributed by atoms with E-state index in [2.05, 4.69) is 5.32 Å². The van der Waals surface area contributed by atoms with Gasteiger partial charge in [-0.1, -0.05) is 49.0 Å². The average molecular weight is 523 g/mol. The molecule has 0 radical (unpaired) electrons. The van der Waals surface area contributed by atoms with Crippen molar-refractivity contribution in [3.8, 4) is 17.2 Å². The van der Waals surface area contributed by atoms with E-state index in [0.717, 1.165) is 25.7 Å². The van der Waals surface area contributed by atoms with E-state index in [-0.39, 0.29) is 31.0 Å². The van der Waals surface area contributed by atoms with Crippen molar-refractivity contribution >= 4 is 35.0 Å². The molecule has 0 bridgehead atoms. The molecule has 1 atom stereocenters. The zero-order valence-electron chi connectivity index (χ0n) is 20.3. The second kappa shape index (κ2) is 12.9. The molecule has 1 N–H and O–H groups in total. The van der Waals surface area contributed by atoms with Crippen molar-refractivity contribution in [2.24, 2.45) is 0 Å². The summed E-state index contributed by atoms with van der Waals surface area (Å²) < 4.78 is 16.3. The number of hydrogen-bond acceptors (Lipinski definition) is 5. The highest BCUT2D eigenvalue weighted by Crippen LogP contribution is 2.29. The largest absolute Gasteiger partial charge is 0.496 e. The molecule has 7 nitrogen and oxygen atoms in total. The van der Waals surface area contributed by atoms with Crippen LogP contribution in [0, 0.1) is 0 Å². The summed E-state index contributed by atoms with van der Waals surface area (Å²) in [6, 6.07) is 9.64. The highest BCUT2D eigenvalue weighted by Gasteiger charge is 2.31. The Balaban J connectivity index is 1.83. The third-order valence-corrected chi connectivity index (χ3v) is 6.87. The number of halogens is 2. The molecule has 3 rings (SSSR count). The second-order valence-electron chi connectivity index (χ2n) is 8.47. The molecule has 2 amide bonds. The number of nitrogens with zero attached hydrogens (tertiary/aromatic N) is 1. The molecule has 1 aliphatic rings. The molecule has 0 spiro atoms. The highest BCUT2D eigenvalue weighted by molar-refractivity contribution is 6.36. The van der Waals surface area contributed by atoms with Gasteiger partial charge in [0.2, 0.25) is 5.91 Å². The van der Waals surface area contributed by atoms with E-state index in [1.807, 2.05) is 6.92 Å². The van der Waals surface area contributed by atoms with E-state index in [9.17, 15) is 9.59 Å². The molecule has 190 valence electrons. The number of benzene rings is 2. The fourth-order valence-electron chi connectivity index (χ4n) is 4.23. The topological polar surface area (TPSA) is 77.1 Å². The maximum Gasteiger partial charge on any atom is 0.261 e. The van der Waals surface area contributed by atoms with Gasteiger partial charge in [0, 0.05) is 46.4 Å². The monoisotopic (exact) mass is 522 g/mol. The van der Waals surface area contributed by atoms with E-state index < -0.39 is 6.04 Å². The first-order valence-corrected chi connectivity index (χ1v) is 12.5. The first kappa shape index (κ1) is 27.0. The molecular weight excluding hydrogens is 491 g/mol. The molecule has 0 saturated heterocycles. The van der Waals surface area contributed by atoms with Crippen LogP contribution in [0.4, 0.5) is 0 Å². The average Bonchev–Trinajstić information content (AvgIpc) is 3.36. The van der Waals surface area contributed by atoms with Crippen LogP contribution in [0.2, 0.25) is 10.0 Å². The van der Waals surface area contributed by atoms with Crippen molar-refractivity contribution in [1.29, 1.82) is 0 Å². The third-order valence-electron chi connectivity index (χ3n) is 6.16. The van der Waals surface area contributed by atoms with E-state index >= 15 is 0 Å². The molecular formula is C26H32Cl2N2O5. The summed E-state index contributed by atoms with van der Waals surface area (Å²) in [6.07, 6.45) is 4.52. The lowest BCUT2D eigenvalue weighted by molar-refractivity contribution is -0.143. The number of carbonyl (C=O) groups is 2. The van der Waals surface area contributed by atoms with Crippen molar-refractivity contribution in [2.45, 2.75) is 57.7 Å². The van der Waals surface area contributed by atoms with Gasteiger partial charge in [0.25, 0.3) is 5.91 Å². The number of nitrogens with one attached hydrogen (secondary N) is 1. The number of rotatable bonds is 11. The number of carbonyl (C=O) groups excluding carboxylic acids is 2. The number of hydrogen-bond donors (Lipinski definition) is 1. The smallest absolute Gasteiger partial charge is 0.261 e. The van der Waals surface area contributed by atoms with Crippen molar-refractivity contribution in [3.63, 3.8) is 0 Å². The van der Waals surface area contributed by atoms with Crippen molar-refractivity contribution < 1.29 is 23.8 Å². The van der Waals surface area contributed by atoms with Gasteiger partial charge >= 0.3 is 0 Å². The lowest BCUT2D eigenvalue weighted by atomic mass is 10.1. The standard InChI is InChI=1S/C26H32Cl2N2O5/c1-4-24(26(32)29-17-8-5-6-9-17)30(15-21-22(27)10-7-11-23(21)28)25(31)16-35-20-13-18(33-2)12-19(14-20)34-3/h7,10-14,17,24H,4-6,8-9,15-16H2,1-3H3,(H,29,32)/t24-/m0/s1. The molecule has 2 aromatic carbocycles. The van der Waals surface area contributed by atoms with Gasteiger partial charge in [-0.05, 0) is 31.4 Å². The van der Waals surface area contributed by atoms with E-state index in [4.69, 9.17) is 37.4 Å². The molecule has 0 aliphatic heterocycles. The second-order valence-corrected chi connectivity index (χ2v) is 9.29. The Bertz CT molecular complexity index is 984. The van der Waals surface area contributed by atoms with Crippen LogP contribution in [0.3, 0.4) is 0 Å². The zero-order chi connectivity index (χ0) is 25.4. The van der Waals surface area contributed by atoms with Gasteiger partial charge in [-0.25, -0.2) is 0 Å². The molecule has 0 aromatic heterocycles. The third kappa shape index (κ3) is 7.18. The summed E-state index contributed by atoms with van der Waals surface area (Å²) in [5, 5.41) is 3.97. The van der Waals surface area contributed by atoms with Gasteiger partial charge in [-0.15, -0.1) is 0 Å². The van der Waals surface area contributed by atoms with Crippen molar-refractivity contribution in [3.05, 3.63) is 52.0 Å². The number of amides is 2. The van der Waals surface area contributed by atoms with Crippen LogP contribution in [-0.4, -0.2) is 49.6 Å². The summed E-state index contributed by atoms with van der Waals surface area (Å²) in [7, 11) is 3.07. The van der Waals surface area contributed by atoms with Crippen LogP contribution in [0.5, 0.6) is 17.2 Å². The summed E-state index contributed by atoms with van der Waals surface area (Å²) in [5.41, 5.74) is 0.583. The summed E-state index contributed by atoms with van der Waals surface area (Å²) in [4.78, 5) is 28.2. The van der Waals surface area contributed by atoms with Gasteiger partial charge in [0.15, 0.2) is 6.61 Å². The molecule has 9 heteroatoms. The van der Waals surface area contributed by atoms with Gasteiger partial charge in [0.05, 0.1) is 14.2 Å². The predicted octanol–water partition coefficient (Wildman–Crippen LogP) is 5.26. The SMILES string of the molecule is CC[C@@H](C(=O)NC1CCCC1)N(Cc1c(Cl)cccc1Cl)C(=O)COc1cc(OC)cc(OC)c1. The molecule has 0 unspecified atom stereocenters. The summed E-state index contributed by atoms with van der Waals surface area (Å²) in [5.74, 6) is 0.937. The highest BCUT2D eigenvalue weighted by atomic mass is 35.5. The first-order valence-electron chi connectivity index (χ1n) is 11.7. The van der Waals surface area contributed by atoms with Gasteiger partial charge < -0.3 is 24.4 Å². The van der Waals surface area contributed by atoms with Crippen molar-refractivity contribution in [2.75, 3.05) is 20.8 Å². The summed E-state index contributed by atoms with van der Waals surface area (Å²) in [6.45, 7) is 1.67. The zero-order valence-corrected chi connectivity index (χ0v) is 21.8. The fourth-order valence-corrected chi connectivity index (χ4v) is 4.75. The minimum Gasteiger partial charge on any atom is -0.496 e. The van der Waals surface area contributed by atoms with E-state index in [0.29, 0.717) is 39.3 Å². The Morgan fingerprint density at radius 1 is 1.03 bits per heavy atom. The molecule has 1 aliphatic carbocycles. The maximum atomic E-state index is 13.5. The predicted molar refractivity (Wildman–Crippen MR) is 137 cm³/mol. The first-order chi connectivity index (χ1) is 16.9. The Labute approximate surface area is 216 Å². The van der Waals surface area contributed by atoms with Crippen LogP contribution < -0.4 is 19.5 Å². The van der Waals surface area contributed by atoms with Gasteiger partial charge in [-0.3, -0.25) is 9.59 Å². The Kier molecular flexibility index (Phi) is 9.93. The quantitative estimate of drug-likeness (QED) is 0.435. The fraction of sp³-hybridized carbons (Fsp3) is 0.462. The van der Waals surface area contributed by atoms with Crippen LogP contribution >= 0.6 is 23.2 Å².